The third-order valence-electron chi connectivity index (χ3n) is 1.82. The minimum Gasteiger partial charge on any atom is -0.491 e. The third-order valence-corrected chi connectivity index (χ3v) is 2.68. The van der Waals surface area contributed by atoms with Crippen LogP contribution in [0.2, 0.25) is 5.02 Å². The molecular weight excluding hydrogens is 246 g/mol. The summed E-state index contributed by atoms with van der Waals surface area (Å²) in [7, 11) is 0. The summed E-state index contributed by atoms with van der Waals surface area (Å²) in [5.74, 6) is 0.240. The van der Waals surface area contributed by atoms with Gasteiger partial charge in [0.05, 0.1) is 16.1 Å². The summed E-state index contributed by atoms with van der Waals surface area (Å²) in [6.07, 6.45) is 0.598. The summed E-state index contributed by atoms with van der Waals surface area (Å²) in [5, 5.41) is 0.468. The maximum Gasteiger partial charge on any atom is 0.144 e. The van der Waals surface area contributed by atoms with Crippen LogP contribution in [0.1, 0.15) is 5.56 Å². The number of rotatable bonds is 0. The van der Waals surface area contributed by atoms with Crippen LogP contribution in [0.5, 0.6) is 5.75 Å². The summed E-state index contributed by atoms with van der Waals surface area (Å²) in [6, 6.07) is 1.51. The lowest BCUT2D eigenvalue weighted by Crippen LogP contribution is -1.87. The Bertz CT molecular complexity index is 340. The predicted octanol–water partition coefficient (Wildman–Crippen LogP) is 3.18. The molecule has 1 aromatic carbocycles. The fourth-order valence-corrected chi connectivity index (χ4v) is 2.14. The number of ether oxygens (including phenoxy) is 1. The molecule has 0 N–H and O–H groups in total. The number of halogens is 3. The Kier molecular flexibility index (Phi) is 2.00. The second-order valence-corrected chi connectivity index (χ2v) is 3.82. The first-order valence-electron chi connectivity index (χ1n) is 3.49. The number of benzene rings is 1. The van der Waals surface area contributed by atoms with Crippen molar-refractivity contribution < 1.29 is 9.13 Å². The van der Waals surface area contributed by atoms with Crippen molar-refractivity contribution in [1.82, 2.24) is 0 Å². The Morgan fingerprint density at radius 1 is 1.58 bits per heavy atom. The fourth-order valence-electron chi connectivity index (χ4n) is 1.26. The molecule has 0 atom stereocenters. The Balaban J connectivity index is 2.69. The van der Waals surface area contributed by atoms with Crippen LogP contribution in [0.15, 0.2) is 10.5 Å². The zero-order valence-electron chi connectivity index (χ0n) is 6.03. The van der Waals surface area contributed by atoms with Crippen molar-refractivity contribution in [3.8, 4) is 5.75 Å². The van der Waals surface area contributed by atoms with Gasteiger partial charge in [-0.2, -0.15) is 0 Å². The lowest BCUT2D eigenvalue weighted by atomic mass is 10.1. The van der Waals surface area contributed by atoms with Gasteiger partial charge >= 0.3 is 0 Å². The Labute approximate surface area is 82.6 Å². The molecule has 2 rings (SSSR count). The fraction of sp³-hybridized carbons (Fsp3) is 0.250. The highest BCUT2D eigenvalue weighted by Crippen LogP contribution is 2.38. The molecule has 0 saturated carbocycles. The molecule has 0 aliphatic carbocycles. The van der Waals surface area contributed by atoms with E-state index >= 15 is 0 Å². The van der Waals surface area contributed by atoms with Crippen molar-refractivity contribution in [1.29, 1.82) is 0 Å². The molecule has 0 spiro atoms. The van der Waals surface area contributed by atoms with Crippen molar-refractivity contribution in [3.63, 3.8) is 0 Å². The summed E-state index contributed by atoms with van der Waals surface area (Å²) >= 11 is 8.91. The van der Waals surface area contributed by atoms with Gasteiger partial charge in [-0.05, 0) is 22.0 Å². The molecule has 1 aliphatic heterocycles. The molecule has 12 heavy (non-hydrogen) atoms. The Morgan fingerprint density at radius 2 is 2.33 bits per heavy atom. The molecule has 0 bridgehead atoms. The molecule has 1 aromatic rings. The molecule has 4 heteroatoms. The zero-order chi connectivity index (χ0) is 8.72. The summed E-state index contributed by atoms with van der Waals surface area (Å²) in [5.41, 5.74) is 0.578. The van der Waals surface area contributed by atoms with E-state index in [0.29, 0.717) is 33.8 Å². The molecule has 0 aromatic heterocycles. The van der Waals surface area contributed by atoms with Crippen LogP contribution in [0.25, 0.3) is 0 Å². The molecule has 1 heterocycles. The Morgan fingerprint density at radius 3 is 3.08 bits per heavy atom. The lowest BCUT2D eigenvalue weighted by molar-refractivity contribution is 0.357. The van der Waals surface area contributed by atoms with E-state index in [9.17, 15) is 4.39 Å². The highest BCUT2D eigenvalue weighted by Gasteiger charge is 2.21. The first kappa shape index (κ1) is 8.32. The first-order chi connectivity index (χ1) is 5.70. The van der Waals surface area contributed by atoms with E-state index < -0.39 is 0 Å². The molecule has 0 saturated heterocycles. The van der Waals surface area contributed by atoms with Crippen LogP contribution in [0, 0.1) is 5.82 Å². The van der Waals surface area contributed by atoms with Crippen LogP contribution in [0.3, 0.4) is 0 Å². The maximum absolute atomic E-state index is 13.3. The van der Waals surface area contributed by atoms with Gasteiger partial charge in [-0.15, -0.1) is 0 Å². The standard InChI is InChI=1S/C8H5BrClFO/c9-5-3-6(10)8-4(7(5)11)1-2-12-8/h3H,1-2H2. The normalized spacial score (nSPS) is 14.2. The lowest BCUT2D eigenvalue weighted by Gasteiger charge is -2.03. The van der Waals surface area contributed by atoms with E-state index in [1.54, 1.807) is 0 Å². The van der Waals surface area contributed by atoms with Crippen molar-refractivity contribution in [2.24, 2.45) is 0 Å². The molecule has 64 valence electrons. The average molecular weight is 251 g/mol. The van der Waals surface area contributed by atoms with E-state index in [4.69, 9.17) is 16.3 Å². The summed E-state index contributed by atoms with van der Waals surface area (Å²) in [4.78, 5) is 0. The maximum atomic E-state index is 13.3. The highest BCUT2D eigenvalue weighted by molar-refractivity contribution is 9.10. The summed E-state index contributed by atoms with van der Waals surface area (Å²) in [6.45, 7) is 0.516. The van der Waals surface area contributed by atoms with Crippen LogP contribution >= 0.6 is 27.5 Å². The summed E-state index contributed by atoms with van der Waals surface area (Å²) < 4.78 is 18.9. The van der Waals surface area contributed by atoms with Crippen molar-refractivity contribution >= 4 is 27.5 Å². The minimum absolute atomic E-state index is 0.257. The number of hydrogen-bond donors (Lipinski definition) is 0. The van der Waals surface area contributed by atoms with Gasteiger partial charge in [-0.25, -0.2) is 4.39 Å². The van der Waals surface area contributed by atoms with Crippen molar-refractivity contribution in [2.45, 2.75) is 6.42 Å². The minimum atomic E-state index is -0.257. The van der Waals surface area contributed by atoms with Gasteiger partial charge in [0, 0.05) is 12.0 Å². The average Bonchev–Trinajstić information content (AvgIpc) is 2.48. The monoisotopic (exact) mass is 250 g/mol. The van der Waals surface area contributed by atoms with E-state index in [1.165, 1.54) is 6.07 Å². The smallest absolute Gasteiger partial charge is 0.144 e. The van der Waals surface area contributed by atoms with Crippen LogP contribution in [0.4, 0.5) is 4.39 Å². The molecule has 0 fully saturated rings. The molecule has 0 radical (unpaired) electrons. The molecule has 1 aliphatic rings. The number of hydrogen-bond acceptors (Lipinski definition) is 1. The van der Waals surface area contributed by atoms with Crippen LogP contribution < -0.4 is 4.74 Å². The van der Waals surface area contributed by atoms with Gasteiger partial charge in [0.2, 0.25) is 0 Å². The predicted molar refractivity (Wildman–Crippen MR) is 48.3 cm³/mol. The van der Waals surface area contributed by atoms with E-state index in [-0.39, 0.29) is 5.82 Å². The van der Waals surface area contributed by atoms with E-state index in [0.717, 1.165) is 0 Å². The van der Waals surface area contributed by atoms with Gasteiger partial charge in [-0.1, -0.05) is 11.6 Å². The highest BCUT2D eigenvalue weighted by atomic mass is 79.9. The van der Waals surface area contributed by atoms with Gasteiger partial charge in [0.15, 0.2) is 0 Å². The van der Waals surface area contributed by atoms with Crippen LogP contribution in [-0.4, -0.2) is 6.61 Å². The zero-order valence-corrected chi connectivity index (χ0v) is 8.38. The molecule has 0 unspecified atom stereocenters. The van der Waals surface area contributed by atoms with Crippen molar-refractivity contribution in [2.75, 3.05) is 6.61 Å². The first-order valence-corrected chi connectivity index (χ1v) is 4.66. The van der Waals surface area contributed by atoms with Gasteiger partial charge in [0.1, 0.15) is 11.6 Å². The van der Waals surface area contributed by atoms with Gasteiger partial charge in [-0.3, -0.25) is 0 Å². The van der Waals surface area contributed by atoms with Gasteiger partial charge in [0.25, 0.3) is 0 Å². The third kappa shape index (κ3) is 1.12. The SMILES string of the molecule is Fc1c(Br)cc(Cl)c2c1CCO2. The quantitative estimate of drug-likeness (QED) is 0.644. The van der Waals surface area contributed by atoms with Crippen LogP contribution in [-0.2, 0) is 6.42 Å². The topological polar surface area (TPSA) is 9.23 Å². The van der Waals surface area contributed by atoms with E-state index in [2.05, 4.69) is 15.9 Å². The Hall–Kier alpha value is -0.280. The largest absolute Gasteiger partial charge is 0.491 e. The van der Waals surface area contributed by atoms with Gasteiger partial charge < -0.3 is 4.74 Å². The number of fused-ring (bicyclic) bond motifs is 1. The molecule has 1 nitrogen and oxygen atoms in total. The molecule has 0 amide bonds. The van der Waals surface area contributed by atoms with Crippen molar-refractivity contribution in [3.05, 3.63) is 26.9 Å². The second kappa shape index (κ2) is 2.89. The van der Waals surface area contributed by atoms with E-state index in [1.807, 2.05) is 0 Å². The second-order valence-electron chi connectivity index (χ2n) is 2.56. The molecular formula is C8H5BrClFO.